The summed E-state index contributed by atoms with van der Waals surface area (Å²) in [6, 6.07) is 4.57. The van der Waals surface area contributed by atoms with Crippen LogP contribution in [0.5, 0.6) is 0 Å². The summed E-state index contributed by atoms with van der Waals surface area (Å²) in [6.07, 6.45) is 1.87. The highest BCUT2D eigenvalue weighted by atomic mass is 79.9. The van der Waals surface area contributed by atoms with Crippen molar-refractivity contribution in [2.75, 3.05) is 0 Å². The Hall–Kier alpha value is -0.940. The fourth-order valence-corrected chi connectivity index (χ4v) is 2.40. The van der Waals surface area contributed by atoms with E-state index < -0.39 is 0 Å². The second-order valence-electron chi connectivity index (χ2n) is 4.10. The molecule has 0 bridgehead atoms. The fraction of sp³-hybridized carbons (Fsp3) is 0.250. The number of nitrogens with zero attached hydrogens (tertiary/aromatic N) is 1. The molecule has 0 saturated heterocycles. The summed E-state index contributed by atoms with van der Waals surface area (Å²) < 4.78 is 16.6. The molecule has 0 fully saturated rings. The van der Waals surface area contributed by atoms with E-state index in [1.54, 1.807) is 6.07 Å². The number of nitrogens with one attached hydrogen (secondary N) is 1. The predicted octanol–water partition coefficient (Wildman–Crippen LogP) is 4.56. The third-order valence-electron chi connectivity index (χ3n) is 2.55. The molecule has 0 unspecified atom stereocenters. The van der Waals surface area contributed by atoms with Crippen molar-refractivity contribution in [3.8, 4) is 5.69 Å². The van der Waals surface area contributed by atoms with Gasteiger partial charge in [-0.25, -0.2) is 4.39 Å². The van der Waals surface area contributed by atoms with Gasteiger partial charge in [-0.05, 0) is 52.3 Å². The van der Waals surface area contributed by atoms with Crippen molar-refractivity contribution in [3.63, 3.8) is 0 Å². The molecule has 0 saturated carbocycles. The van der Waals surface area contributed by atoms with E-state index in [2.05, 4.69) is 34.8 Å². The summed E-state index contributed by atoms with van der Waals surface area (Å²) in [4.78, 5) is 3.00. The van der Waals surface area contributed by atoms with Gasteiger partial charge < -0.3 is 4.98 Å². The van der Waals surface area contributed by atoms with Gasteiger partial charge >= 0.3 is 0 Å². The minimum atomic E-state index is -0.277. The van der Waals surface area contributed by atoms with Crippen molar-refractivity contribution in [2.45, 2.75) is 19.8 Å². The van der Waals surface area contributed by atoms with Gasteiger partial charge in [-0.3, -0.25) is 4.57 Å². The Morgan fingerprint density at radius 1 is 1.41 bits per heavy atom. The van der Waals surface area contributed by atoms with Crippen LogP contribution in [-0.2, 0) is 0 Å². The minimum absolute atomic E-state index is 0.277. The molecule has 0 radical (unpaired) electrons. The average Bonchev–Trinajstić information content (AvgIpc) is 2.64. The Balaban J connectivity index is 2.72. The quantitative estimate of drug-likeness (QED) is 0.806. The van der Waals surface area contributed by atoms with Crippen LogP contribution >= 0.6 is 28.1 Å². The Bertz CT molecular complexity index is 601. The number of hydrogen-bond donors (Lipinski definition) is 1. The van der Waals surface area contributed by atoms with Gasteiger partial charge in [0.1, 0.15) is 5.82 Å². The number of aromatic nitrogens is 2. The summed E-state index contributed by atoms with van der Waals surface area (Å²) in [7, 11) is 0. The van der Waals surface area contributed by atoms with Gasteiger partial charge in [0.2, 0.25) is 0 Å². The van der Waals surface area contributed by atoms with Gasteiger partial charge in [0, 0.05) is 16.4 Å². The van der Waals surface area contributed by atoms with Gasteiger partial charge in [-0.15, -0.1) is 0 Å². The average molecular weight is 315 g/mol. The van der Waals surface area contributed by atoms with E-state index in [0.717, 1.165) is 15.9 Å². The Morgan fingerprint density at radius 2 is 2.12 bits per heavy atom. The molecule has 2 rings (SSSR count). The van der Waals surface area contributed by atoms with Crippen molar-refractivity contribution in [1.82, 2.24) is 9.55 Å². The van der Waals surface area contributed by atoms with Crippen LogP contribution in [0.2, 0.25) is 0 Å². The van der Waals surface area contributed by atoms with E-state index in [1.165, 1.54) is 12.1 Å². The zero-order valence-electron chi connectivity index (χ0n) is 9.50. The normalized spacial score (nSPS) is 11.1. The lowest BCUT2D eigenvalue weighted by Crippen LogP contribution is -2.03. The van der Waals surface area contributed by atoms with Crippen molar-refractivity contribution in [3.05, 3.63) is 45.2 Å². The van der Waals surface area contributed by atoms with Gasteiger partial charge in [-0.2, -0.15) is 0 Å². The number of aromatic amines is 1. The van der Waals surface area contributed by atoms with E-state index in [4.69, 9.17) is 12.2 Å². The van der Waals surface area contributed by atoms with Crippen molar-refractivity contribution in [1.29, 1.82) is 0 Å². The lowest BCUT2D eigenvalue weighted by Gasteiger charge is -2.12. The maximum Gasteiger partial charge on any atom is 0.182 e. The van der Waals surface area contributed by atoms with Crippen LogP contribution in [0, 0.1) is 10.6 Å². The smallest absolute Gasteiger partial charge is 0.182 e. The monoisotopic (exact) mass is 314 g/mol. The van der Waals surface area contributed by atoms with Crippen LogP contribution in [-0.4, -0.2) is 9.55 Å². The van der Waals surface area contributed by atoms with Crippen molar-refractivity contribution < 1.29 is 4.39 Å². The summed E-state index contributed by atoms with van der Waals surface area (Å²) in [6.45, 7) is 4.14. The third-order valence-corrected chi connectivity index (χ3v) is 3.52. The van der Waals surface area contributed by atoms with E-state index in [0.29, 0.717) is 10.7 Å². The first-order chi connectivity index (χ1) is 8.00. The number of H-pyrrole nitrogens is 1. The lowest BCUT2D eigenvalue weighted by atomic mass is 10.1. The summed E-state index contributed by atoms with van der Waals surface area (Å²) in [5.41, 5.74) is 1.75. The van der Waals surface area contributed by atoms with Crippen LogP contribution in [0.4, 0.5) is 4.39 Å². The van der Waals surface area contributed by atoms with Crippen molar-refractivity contribution in [2.24, 2.45) is 0 Å². The fourth-order valence-electron chi connectivity index (χ4n) is 1.71. The van der Waals surface area contributed by atoms with Crippen LogP contribution in [0.1, 0.15) is 25.5 Å². The molecule has 2 nitrogen and oxygen atoms in total. The van der Waals surface area contributed by atoms with Crippen LogP contribution in [0.15, 0.2) is 28.9 Å². The van der Waals surface area contributed by atoms with E-state index >= 15 is 0 Å². The highest BCUT2D eigenvalue weighted by molar-refractivity contribution is 9.10. The van der Waals surface area contributed by atoms with E-state index in [9.17, 15) is 4.39 Å². The molecule has 1 aromatic heterocycles. The molecule has 1 heterocycles. The third kappa shape index (κ3) is 2.35. The topological polar surface area (TPSA) is 20.7 Å². The molecule has 0 amide bonds. The Kier molecular flexibility index (Phi) is 3.49. The number of imidazole rings is 1. The first-order valence-corrected chi connectivity index (χ1v) is 6.46. The molecule has 17 heavy (non-hydrogen) atoms. The number of halogens is 2. The Labute approximate surface area is 113 Å². The SMILES string of the molecule is CC(C)c1c[nH]c(=S)n1-c1cc(F)ccc1Br. The van der Waals surface area contributed by atoms with Crippen LogP contribution in [0.25, 0.3) is 5.69 Å². The van der Waals surface area contributed by atoms with Gasteiger partial charge in [-0.1, -0.05) is 13.8 Å². The summed E-state index contributed by atoms with van der Waals surface area (Å²) >= 11 is 8.66. The maximum atomic E-state index is 13.3. The first-order valence-electron chi connectivity index (χ1n) is 5.26. The second kappa shape index (κ2) is 4.74. The molecule has 1 N–H and O–H groups in total. The number of benzene rings is 1. The van der Waals surface area contributed by atoms with Gasteiger partial charge in [0.05, 0.1) is 5.69 Å². The number of rotatable bonds is 2. The first kappa shape index (κ1) is 12.5. The predicted molar refractivity (Wildman–Crippen MR) is 72.7 cm³/mol. The summed E-state index contributed by atoms with van der Waals surface area (Å²) in [5.74, 6) is 0.0270. The van der Waals surface area contributed by atoms with Gasteiger partial charge in [0.15, 0.2) is 4.77 Å². The molecule has 0 aliphatic rings. The van der Waals surface area contributed by atoms with E-state index in [-0.39, 0.29) is 5.82 Å². The maximum absolute atomic E-state index is 13.3. The molecule has 0 aliphatic heterocycles. The molecule has 5 heteroatoms. The minimum Gasteiger partial charge on any atom is -0.337 e. The molecule has 90 valence electrons. The molecule has 0 atom stereocenters. The summed E-state index contributed by atoms with van der Waals surface area (Å²) in [5, 5.41) is 0. The number of hydrogen-bond acceptors (Lipinski definition) is 1. The van der Waals surface area contributed by atoms with Gasteiger partial charge in [0.25, 0.3) is 0 Å². The molecule has 1 aromatic carbocycles. The van der Waals surface area contributed by atoms with Crippen LogP contribution in [0.3, 0.4) is 0 Å². The largest absolute Gasteiger partial charge is 0.337 e. The molecule has 0 aliphatic carbocycles. The second-order valence-corrected chi connectivity index (χ2v) is 5.35. The molecular weight excluding hydrogens is 303 g/mol. The molecular formula is C12H12BrFN2S. The van der Waals surface area contributed by atoms with E-state index in [1.807, 2.05) is 10.8 Å². The van der Waals surface area contributed by atoms with Crippen LogP contribution < -0.4 is 0 Å². The zero-order valence-corrected chi connectivity index (χ0v) is 11.9. The molecule has 0 spiro atoms. The van der Waals surface area contributed by atoms with Crippen molar-refractivity contribution >= 4 is 28.1 Å². The lowest BCUT2D eigenvalue weighted by molar-refractivity contribution is 0.625. The standard InChI is InChI=1S/C12H12BrFN2S/c1-7(2)11-6-15-12(17)16(11)10-5-8(14)3-4-9(10)13/h3-7H,1-2H3,(H,15,17). The highest BCUT2D eigenvalue weighted by Crippen LogP contribution is 2.26. The highest BCUT2D eigenvalue weighted by Gasteiger charge is 2.12. The molecule has 2 aromatic rings. The zero-order chi connectivity index (χ0) is 12.6. The Morgan fingerprint density at radius 3 is 2.76 bits per heavy atom.